The van der Waals surface area contributed by atoms with E-state index in [2.05, 4.69) is 26.1 Å². The SMILES string of the molecule is COc1ccc(CCN(C)C(=O)C(CCSC)NC(=O)c2ccc(C(C)(C)C)cc2)cc1OC. The highest BCUT2D eigenvalue weighted by molar-refractivity contribution is 7.98. The molecule has 0 aliphatic rings. The number of carbonyl (C=O) groups excluding carboxylic acids is 2. The van der Waals surface area contributed by atoms with Crippen molar-refractivity contribution in [1.82, 2.24) is 10.2 Å². The number of nitrogens with one attached hydrogen (secondary N) is 1. The van der Waals surface area contributed by atoms with Crippen LogP contribution in [0.25, 0.3) is 0 Å². The summed E-state index contributed by atoms with van der Waals surface area (Å²) < 4.78 is 10.7. The average molecular weight is 487 g/mol. The summed E-state index contributed by atoms with van der Waals surface area (Å²) in [4.78, 5) is 27.8. The van der Waals surface area contributed by atoms with E-state index in [-0.39, 0.29) is 17.2 Å². The summed E-state index contributed by atoms with van der Waals surface area (Å²) in [6.07, 6.45) is 3.24. The number of carbonyl (C=O) groups is 2. The highest BCUT2D eigenvalue weighted by Gasteiger charge is 2.24. The zero-order chi connectivity index (χ0) is 25.3. The van der Waals surface area contributed by atoms with E-state index < -0.39 is 6.04 Å². The van der Waals surface area contributed by atoms with E-state index in [0.29, 0.717) is 36.4 Å². The van der Waals surface area contributed by atoms with Gasteiger partial charge in [-0.15, -0.1) is 0 Å². The van der Waals surface area contributed by atoms with E-state index in [1.807, 2.05) is 48.7 Å². The Labute approximate surface area is 208 Å². The molecular weight excluding hydrogens is 448 g/mol. The molecule has 34 heavy (non-hydrogen) atoms. The lowest BCUT2D eigenvalue weighted by molar-refractivity contribution is -0.131. The van der Waals surface area contributed by atoms with Gasteiger partial charge in [-0.05, 0) is 65.7 Å². The molecule has 0 radical (unpaired) electrons. The first kappa shape index (κ1) is 27.6. The predicted octanol–water partition coefficient (Wildman–Crippen LogP) is 4.55. The summed E-state index contributed by atoms with van der Waals surface area (Å²) in [5.74, 6) is 1.80. The lowest BCUT2D eigenvalue weighted by atomic mass is 9.86. The molecule has 0 aromatic heterocycles. The Morgan fingerprint density at radius 3 is 2.24 bits per heavy atom. The summed E-state index contributed by atoms with van der Waals surface area (Å²) in [5.41, 5.74) is 2.78. The third-order valence-electron chi connectivity index (χ3n) is 5.79. The van der Waals surface area contributed by atoms with Gasteiger partial charge in [0, 0.05) is 19.2 Å². The van der Waals surface area contributed by atoms with Crippen molar-refractivity contribution in [2.45, 2.75) is 45.1 Å². The number of amides is 2. The molecule has 6 nitrogen and oxygen atoms in total. The Morgan fingerprint density at radius 2 is 1.68 bits per heavy atom. The second kappa shape index (κ2) is 12.7. The summed E-state index contributed by atoms with van der Waals surface area (Å²) in [7, 11) is 4.98. The molecule has 0 heterocycles. The van der Waals surface area contributed by atoms with Gasteiger partial charge in [-0.25, -0.2) is 0 Å². The van der Waals surface area contributed by atoms with Crippen molar-refractivity contribution < 1.29 is 19.1 Å². The monoisotopic (exact) mass is 486 g/mol. The van der Waals surface area contributed by atoms with Crippen LogP contribution >= 0.6 is 11.8 Å². The molecule has 7 heteroatoms. The summed E-state index contributed by atoms with van der Waals surface area (Å²) >= 11 is 1.66. The molecule has 0 spiro atoms. The van der Waals surface area contributed by atoms with Gasteiger partial charge in [-0.3, -0.25) is 9.59 Å². The molecule has 186 valence electrons. The number of methoxy groups -OCH3 is 2. The Bertz CT molecular complexity index is 954. The van der Waals surface area contributed by atoms with Gasteiger partial charge in [-0.1, -0.05) is 39.0 Å². The van der Waals surface area contributed by atoms with Crippen LogP contribution in [0.4, 0.5) is 0 Å². The van der Waals surface area contributed by atoms with E-state index in [9.17, 15) is 9.59 Å². The lowest BCUT2D eigenvalue weighted by Gasteiger charge is -2.25. The molecule has 1 N–H and O–H groups in total. The molecule has 2 aromatic carbocycles. The number of likely N-dealkylation sites (N-methyl/N-ethyl adjacent to an activating group) is 1. The smallest absolute Gasteiger partial charge is 0.251 e. The van der Waals surface area contributed by atoms with Crippen LogP contribution in [0.15, 0.2) is 42.5 Å². The van der Waals surface area contributed by atoms with E-state index in [1.54, 1.807) is 37.9 Å². The van der Waals surface area contributed by atoms with Crippen LogP contribution in [0.2, 0.25) is 0 Å². The standard InChI is InChI=1S/C27H38N2O4S/c1-27(2,3)21-11-9-20(10-12-21)25(30)28-22(15-17-34-7)26(31)29(4)16-14-19-8-13-23(32-5)24(18-19)33-6/h8-13,18,22H,14-17H2,1-7H3,(H,28,30). The molecule has 0 fully saturated rings. The van der Waals surface area contributed by atoms with E-state index in [4.69, 9.17) is 9.47 Å². The van der Waals surface area contributed by atoms with Crippen molar-refractivity contribution >= 4 is 23.6 Å². The second-order valence-electron chi connectivity index (χ2n) is 9.33. The van der Waals surface area contributed by atoms with E-state index in [1.165, 1.54) is 0 Å². The average Bonchev–Trinajstić information content (AvgIpc) is 2.83. The van der Waals surface area contributed by atoms with Crippen LogP contribution in [0, 0.1) is 0 Å². The quantitative estimate of drug-likeness (QED) is 0.505. The van der Waals surface area contributed by atoms with Gasteiger partial charge in [0.2, 0.25) is 5.91 Å². The van der Waals surface area contributed by atoms with Crippen molar-refractivity contribution in [1.29, 1.82) is 0 Å². The van der Waals surface area contributed by atoms with Gasteiger partial charge in [0.15, 0.2) is 11.5 Å². The minimum atomic E-state index is -0.572. The number of ether oxygens (including phenoxy) is 2. The van der Waals surface area contributed by atoms with Gasteiger partial charge >= 0.3 is 0 Å². The fourth-order valence-electron chi connectivity index (χ4n) is 3.57. The summed E-state index contributed by atoms with van der Waals surface area (Å²) in [6.45, 7) is 6.94. The molecule has 0 saturated heterocycles. The molecule has 2 rings (SSSR count). The molecule has 1 atom stereocenters. The van der Waals surface area contributed by atoms with Gasteiger partial charge < -0.3 is 19.7 Å². The van der Waals surface area contributed by atoms with Crippen LogP contribution in [0.3, 0.4) is 0 Å². The number of benzene rings is 2. The topological polar surface area (TPSA) is 67.9 Å². The second-order valence-corrected chi connectivity index (χ2v) is 10.3. The fourth-order valence-corrected chi connectivity index (χ4v) is 4.04. The summed E-state index contributed by atoms with van der Waals surface area (Å²) in [6, 6.07) is 12.8. The van der Waals surface area contributed by atoms with Crippen LogP contribution in [-0.4, -0.2) is 62.6 Å². The number of nitrogens with zero attached hydrogens (tertiary/aromatic N) is 1. The molecule has 0 saturated carbocycles. The largest absolute Gasteiger partial charge is 0.493 e. The maximum Gasteiger partial charge on any atom is 0.251 e. The summed E-state index contributed by atoms with van der Waals surface area (Å²) in [5, 5.41) is 2.96. The van der Waals surface area contributed by atoms with Crippen LogP contribution in [0.1, 0.15) is 48.7 Å². The minimum Gasteiger partial charge on any atom is -0.493 e. The maximum atomic E-state index is 13.2. The van der Waals surface area contributed by atoms with Crippen molar-refractivity contribution in [3.05, 3.63) is 59.2 Å². The molecule has 0 bridgehead atoms. The fraction of sp³-hybridized carbons (Fsp3) is 0.481. The highest BCUT2D eigenvalue weighted by Crippen LogP contribution is 2.27. The Hall–Kier alpha value is -2.67. The minimum absolute atomic E-state index is 0.0163. The molecule has 2 amide bonds. The molecular formula is C27H38N2O4S. The van der Waals surface area contributed by atoms with Crippen molar-refractivity contribution in [3.8, 4) is 11.5 Å². The first-order valence-corrected chi connectivity index (χ1v) is 12.9. The van der Waals surface area contributed by atoms with Crippen molar-refractivity contribution in [2.75, 3.05) is 39.8 Å². The zero-order valence-electron chi connectivity index (χ0n) is 21.4. The molecule has 1 unspecified atom stereocenters. The maximum absolute atomic E-state index is 13.2. The number of thioether (sulfide) groups is 1. The Kier molecular flexibility index (Phi) is 10.3. The van der Waals surface area contributed by atoms with E-state index in [0.717, 1.165) is 16.9 Å². The van der Waals surface area contributed by atoms with Crippen molar-refractivity contribution in [2.24, 2.45) is 0 Å². The van der Waals surface area contributed by atoms with Crippen LogP contribution in [0.5, 0.6) is 11.5 Å². The first-order valence-electron chi connectivity index (χ1n) is 11.5. The van der Waals surface area contributed by atoms with Gasteiger partial charge in [0.1, 0.15) is 6.04 Å². The lowest BCUT2D eigenvalue weighted by Crippen LogP contribution is -2.48. The Morgan fingerprint density at radius 1 is 1.03 bits per heavy atom. The molecule has 0 aliphatic carbocycles. The van der Waals surface area contributed by atoms with Gasteiger partial charge in [0.25, 0.3) is 5.91 Å². The van der Waals surface area contributed by atoms with Crippen LogP contribution in [-0.2, 0) is 16.6 Å². The number of hydrogen-bond donors (Lipinski definition) is 1. The van der Waals surface area contributed by atoms with E-state index >= 15 is 0 Å². The van der Waals surface area contributed by atoms with Gasteiger partial charge in [0.05, 0.1) is 14.2 Å². The van der Waals surface area contributed by atoms with Crippen molar-refractivity contribution in [3.63, 3.8) is 0 Å². The number of rotatable bonds is 11. The highest BCUT2D eigenvalue weighted by atomic mass is 32.2. The number of hydrogen-bond acceptors (Lipinski definition) is 5. The Balaban J connectivity index is 2.05. The third kappa shape index (κ3) is 7.69. The predicted molar refractivity (Wildman–Crippen MR) is 140 cm³/mol. The normalized spacial score (nSPS) is 12.1. The van der Waals surface area contributed by atoms with Gasteiger partial charge in [-0.2, -0.15) is 11.8 Å². The molecule has 2 aromatic rings. The first-order chi connectivity index (χ1) is 16.1. The zero-order valence-corrected chi connectivity index (χ0v) is 22.3. The third-order valence-corrected chi connectivity index (χ3v) is 6.43. The van der Waals surface area contributed by atoms with Crippen LogP contribution < -0.4 is 14.8 Å². The molecule has 0 aliphatic heterocycles.